The van der Waals surface area contributed by atoms with Crippen molar-refractivity contribution in [2.45, 2.75) is 0 Å². The molecule has 6 nitrogen and oxygen atoms in total. The lowest BCUT2D eigenvalue weighted by molar-refractivity contribution is 0.173. The number of benzene rings is 1. The van der Waals surface area contributed by atoms with Crippen molar-refractivity contribution in [3.05, 3.63) is 18.2 Å². The average molecular weight is 251 g/mol. The van der Waals surface area contributed by atoms with Crippen molar-refractivity contribution >= 4 is 5.96 Å². The van der Waals surface area contributed by atoms with E-state index < -0.39 is 0 Å². The van der Waals surface area contributed by atoms with Gasteiger partial charge in [0.25, 0.3) is 0 Å². The zero-order valence-corrected chi connectivity index (χ0v) is 10.5. The quantitative estimate of drug-likeness (QED) is 0.466. The van der Waals surface area contributed by atoms with E-state index in [2.05, 4.69) is 15.6 Å². The Morgan fingerprint density at radius 3 is 3.00 bits per heavy atom. The Morgan fingerprint density at radius 2 is 2.22 bits per heavy atom. The number of hydrogen-bond donors (Lipinski definition) is 2. The van der Waals surface area contributed by atoms with Crippen LogP contribution in [-0.4, -0.2) is 40.0 Å². The summed E-state index contributed by atoms with van der Waals surface area (Å²) in [7, 11) is 3.53. The van der Waals surface area contributed by atoms with Gasteiger partial charge in [-0.25, -0.2) is 0 Å². The third-order valence-electron chi connectivity index (χ3n) is 2.47. The molecular weight excluding hydrogens is 234 g/mol. The van der Waals surface area contributed by atoms with Crippen LogP contribution in [0, 0.1) is 0 Å². The Kier molecular flexibility index (Phi) is 4.11. The van der Waals surface area contributed by atoms with Crippen LogP contribution in [0.3, 0.4) is 0 Å². The summed E-state index contributed by atoms with van der Waals surface area (Å²) in [5.74, 6) is 2.99. The Bertz CT molecular complexity index is 435. The molecule has 1 aromatic rings. The molecule has 2 N–H and O–H groups in total. The highest BCUT2D eigenvalue weighted by Crippen LogP contribution is 2.34. The highest BCUT2D eigenvalue weighted by atomic mass is 16.7. The molecule has 0 saturated heterocycles. The van der Waals surface area contributed by atoms with Crippen molar-refractivity contribution < 1.29 is 14.2 Å². The third-order valence-corrected chi connectivity index (χ3v) is 2.47. The second-order valence-electron chi connectivity index (χ2n) is 3.61. The second-order valence-corrected chi connectivity index (χ2v) is 3.61. The predicted molar refractivity (Wildman–Crippen MR) is 68.5 cm³/mol. The summed E-state index contributed by atoms with van der Waals surface area (Å²) in [4.78, 5) is 4.00. The summed E-state index contributed by atoms with van der Waals surface area (Å²) in [5.41, 5.74) is 0. The van der Waals surface area contributed by atoms with Crippen LogP contribution in [0.1, 0.15) is 0 Å². The van der Waals surface area contributed by atoms with Crippen molar-refractivity contribution in [1.82, 2.24) is 10.6 Å². The highest BCUT2D eigenvalue weighted by molar-refractivity contribution is 5.79. The lowest BCUT2D eigenvalue weighted by Gasteiger charge is -2.10. The van der Waals surface area contributed by atoms with E-state index in [1.165, 1.54) is 0 Å². The van der Waals surface area contributed by atoms with Gasteiger partial charge in [0.05, 0.1) is 6.54 Å². The SMILES string of the molecule is CN=C(NC)NCCOc1ccc2c(c1)OCO2. The monoisotopic (exact) mass is 251 g/mol. The average Bonchev–Trinajstić information content (AvgIpc) is 2.86. The molecule has 1 aromatic carbocycles. The summed E-state index contributed by atoms with van der Waals surface area (Å²) in [6.45, 7) is 1.49. The Morgan fingerprint density at radius 1 is 1.39 bits per heavy atom. The molecule has 6 heteroatoms. The first-order valence-electron chi connectivity index (χ1n) is 5.74. The number of fused-ring (bicyclic) bond motifs is 1. The first kappa shape index (κ1) is 12.3. The molecule has 0 atom stereocenters. The fourth-order valence-electron chi connectivity index (χ4n) is 1.58. The number of nitrogens with zero attached hydrogens (tertiary/aromatic N) is 1. The van der Waals surface area contributed by atoms with E-state index in [4.69, 9.17) is 14.2 Å². The van der Waals surface area contributed by atoms with Crippen LogP contribution in [0.25, 0.3) is 0 Å². The Balaban J connectivity index is 1.77. The van der Waals surface area contributed by atoms with Gasteiger partial charge in [-0.15, -0.1) is 0 Å². The zero-order valence-electron chi connectivity index (χ0n) is 10.5. The van der Waals surface area contributed by atoms with Gasteiger partial charge in [-0.3, -0.25) is 4.99 Å². The minimum atomic E-state index is 0.277. The van der Waals surface area contributed by atoms with Crippen molar-refractivity contribution in [2.75, 3.05) is 34.0 Å². The number of nitrogens with one attached hydrogen (secondary N) is 2. The number of aliphatic imine (C=N–C) groups is 1. The van der Waals surface area contributed by atoms with E-state index >= 15 is 0 Å². The molecule has 0 fully saturated rings. The molecule has 0 saturated carbocycles. The number of hydrogen-bond acceptors (Lipinski definition) is 4. The van der Waals surface area contributed by atoms with Crippen LogP contribution in [-0.2, 0) is 0 Å². The number of guanidine groups is 1. The van der Waals surface area contributed by atoms with E-state index in [1.807, 2.05) is 25.2 Å². The van der Waals surface area contributed by atoms with Gasteiger partial charge in [0, 0.05) is 20.2 Å². The minimum Gasteiger partial charge on any atom is -0.492 e. The summed E-state index contributed by atoms with van der Waals surface area (Å²) in [6.07, 6.45) is 0. The lowest BCUT2D eigenvalue weighted by atomic mass is 10.3. The standard InChI is InChI=1S/C12H17N3O3/c1-13-12(14-2)15-5-6-16-9-3-4-10-11(7-9)18-8-17-10/h3-4,7H,5-6,8H2,1-2H3,(H2,13,14,15). The molecule has 0 spiro atoms. The first-order chi connectivity index (χ1) is 8.83. The maximum Gasteiger partial charge on any atom is 0.231 e. The smallest absolute Gasteiger partial charge is 0.231 e. The van der Waals surface area contributed by atoms with Gasteiger partial charge in [-0.2, -0.15) is 0 Å². The van der Waals surface area contributed by atoms with Gasteiger partial charge in [0.15, 0.2) is 17.5 Å². The van der Waals surface area contributed by atoms with Crippen LogP contribution in [0.15, 0.2) is 23.2 Å². The van der Waals surface area contributed by atoms with E-state index in [9.17, 15) is 0 Å². The maximum atomic E-state index is 5.59. The topological polar surface area (TPSA) is 64.1 Å². The van der Waals surface area contributed by atoms with Crippen molar-refractivity contribution in [2.24, 2.45) is 4.99 Å². The molecule has 0 bridgehead atoms. The molecular formula is C12H17N3O3. The number of rotatable bonds is 4. The van der Waals surface area contributed by atoms with Gasteiger partial charge in [-0.1, -0.05) is 0 Å². The van der Waals surface area contributed by atoms with Crippen LogP contribution in [0.5, 0.6) is 17.2 Å². The number of ether oxygens (including phenoxy) is 3. The van der Waals surface area contributed by atoms with Crippen LogP contribution < -0.4 is 24.8 Å². The van der Waals surface area contributed by atoms with Crippen LogP contribution >= 0.6 is 0 Å². The molecule has 1 heterocycles. The molecule has 0 aromatic heterocycles. The van der Waals surface area contributed by atoms with Crippen molar-refractivity contribution in [3.8, 4) is 17.2 Å². The zero-order chi connectivity index (χ0) is 12.8. The van der Waals surface area contributed by atoms with Crippen LogP contribution in [0.2, 0.25) is 0 Å². The molecule has 0 aliphatic carbocycles. The van der Waals surface area contributed by atoms with Gasteiger partial charge in [0.1, 0.15) is 12.4 Å². The van der Waals surface area contributed by atoms with Gasteiger partial charge < -0.3 is 24.8 Å². The molecule has 18 heavy (non-hydrogen) atoms. The molecule has 0 unspecified atom stereocenters. The first-order valence-corrected chi connectivity index (χ1v) is 5.74. The predicted octanol–water partition coefficient (Wildman–Crippen LogP) is 0.589. The van der Waals surface area contributed by atoms with Crippen molar-refractivity contribution in [3.63, 3.8) is 0 Å². The fraction of sp³-hybridized carbons (Fsp3) is 0.417. The van der Waals surface area contributed by atoms with E-state index in [-0.39, 0.29) is 6.79 Å². The van der Waals surface area contributed by atoms with Gasteiger partial charge >= 0.3 is 0 Å². The molecule has 1 aliphatic heterocycles. The maximum absolute atomic E-state index is 5.59. The molecule has 2 rings (SSSR count). The second kappa shape index (κ2) is 6.00. The third kappa shape index (κ3) is 2.97. The van der Waals surface area contributed by atoms with Crippen LogP contribution in [0.4, 0.5) is 0 Å². The normalized spacial score (nSPS) is 13.3. The fourth-order valence-corrected chi connectivity index (χ4v) is 1.58. The molecule has 98 valence electrons. The summed E-state index contributed by atoms with van der Waals surface area (Å²) in [5, 5.41) is 6.03. The largest absolute Gasteiger partial charge is 0.492 e. The van der Waals surface area contributed by atoms with E-state index in [0.29, 0.717) is 13.2 Å². The summed E-state index contributed by atoms with van der Waals surface area (Å²) >= 11 is 0. The van der Waals surface area contributed by atoms with Gasteiger partial charge in [0.2, 0.25) is 6.79 Å². The molecule has 0 radical (unpaired) electrons. The summed E-state index contributed by atoms with van der Waals surface area (Å²) < 4.78 is 16.1. The van der Waals surface area contributed by atoms with E-state index in [0.717, 1.165) is 23.2 Å². The Hall–Kier alpha value is -2.11. The molecule has 1 aliphatic rings. The Labute approximate surface area is 106 Å². The summed E-state index contributed by atoms with van der Waals surface area (Å²) in [6, 6.07) is 5.53. The van der Waals surface area contributed by atoms with Crippen molar-refractivity contribution in [1.29, 1.82) is 0 Å². The minimum absolute atomic E-state index is 0.277. The van der Waals surface area contributed by atoms with Gasteiger partial charge in [-0.05, 0) is 12.1 Å². The molecule has 0 amide bonds. The lowest BCUT2D eigenvalue weighted by Crippen LogP contribution is -2.37. The van der Waals surface area contributed by atoms with E-state index in [1.54, 1.807) is 7.05 Å². The highest BCUT2D eigenvalue weighted by Gasteiger charge is 2.13.